The van der Waals surface area contributed by atoms with E-state index >= 15 is 0 Å². The van der Waals surface area contributed by atoms with Crippen molar-refractivity contribution in [2.75, 3.05) is 12.4 Å². The maximum Gasteiger partial charge on any atom is 0.422 e. The van der Waals surface area contributed by atoms with Crippen molar-refractivity contribution in [3.05, 3.63) is 64.2 Å². The third kappa shape index (κ3) is 5.23. The van der Waals surface area contributed by atoms with E-state index in [0.717, 1.165) is 12.5 Å². The summed E-state index contributed by atoms with van der Waals surface area (Å²) in [5.74, 6) is -12.3. The highest BCUT2D eigenvalue weighted by molar-refractivity contribution is 6.42. The molecule has 1 aliphatic rings. The Morgan fingerprint density at radius 2 is 1.54 bits per heavy atom. The molecule has 0 radical (unpaired) electrons. The molecule has 0 spiro atoms. The average Bonchev–Trinajstić information content (AvgIpc) is 2.78. The Morgan fingerprint density at radius 1 is 0.971 bits per heavy atom. The number of benzene rings is 2. The van der Waals surface area contributed by atoms with E-state index in [1.165, 1.54) is 12.4 Å². The monoisotopic (exact) mass is 506 g/mol. The number of carbonyl (C=O) groups is 2. The number of carbonyl (C=O) groups excluding carboxylic acids is 2. The van der Waals surface area contributed by atoms with Crippen LogP contribution in [0.5, 0.6) is 0 Å². The number of nitrogens with one attached hydrogen (secondary N) is 1. The van der Waals surface area contributed by atoms with E-state index in [2.05, 4.69) is 9.89 Å². The van der Waals surface area contributed by atoms with Gasteiger partial charge in [-0.25, -0.2) is 22.4 Å². The first-order valence-electron chi connectivity index (χ1n) is 10.00. The van der Waals surface area contributed by atoms with Crippen molar-refractivity contribution in [3.8, 4) is 0 Å². The molecule has 2 atom stereocenters. The number of alkyl halides is 3. The molecule has 0 heterocycles. The van der Waals surface area contributed by atoms with Gasteiger partial charge in [0.05, 0.1) is 12.7 Å². The zero-order valence-corrected chi connectivity index (χ0v) is 18.1. The van der Waals surface area contributed by atoms with Crippen molar-refractivity contribution in [3.63, 3.8) is 0 Å². The first-order valence-corrected chi connectivity index (χ1v) is 10.00. The van der Waals surface area contributed by atoms with Crippen LogP contribution in [-0.4, -0.2) is 30.8 Å². The quantitative estimate of drug-likeness (QED) is 0.189. The smallest absolute Gasteiger partial charge is 0.422 e. The molecular weight excluding hydrogens is 489 g/mol. The summed E-state index contributed by atoms with van der Waals surface area (Å²) >= 11 is 0. The molecule has 188 valence electrons. The standard InChI is InChI=1S/C22H17F7N2O4/c1-9(20(32)30-19-17(25)15(23)14(22(27,28)29)16(24)18(19)26)31-35-13-8-7-12(13)10-3-5-11(6-4-10)21(33)34-2/h3-6,12-13H,7-8H2,1-2H3,(H,30,32)/b31-9+. The van der Waals surface area contributed by atoms with E-state index in [0.29, 0.717) is 18.4 Å². The van der Waals surface area contributed by atoms with Crippen LogP contribution in [0.25, 0.3) is 0 Å². The van der Waals surface area contributed by atoms with Crippen LogP contribution in [0, 0.1) is 23.3 Å². The highest BCUT2D eigenvalue weighted by atomic mass is 19.4. The molecule has 2 aromatic carbocycles. The predicted molar refractivity (Wildman–Crippen MR) is 108 cm³/mol. The predicted octanol–water partition coefficient (Wildman–Crippen LogP) is 5.33. The van der Waals surface area contributed by atoms with Crippen molar-refractivity contribution < 1.29 is 49.9 Å². The molecule has 6 nitrogen and oxygen atoms in total. The second kappa shape index (κ2) is 9.92. The van der Waals surface area contributed by atoms with Gasteiger partial charge in [-0.05, 0) is 37.5 Å². The molecule has 0 saturated heterocycles. The molecular formula is C22H17F7N2O4. The molecule has 2 aromatic rings. The van der Waals surface area contributed by atoms with Gasteiger partial charge in [-0.15, -0.1) is 0 Å². The minimum atomic E-state index is -5.71. The van der Waals surface area contributed by atoms with Gasteiger partial charge in [-0.3, -0.25) is 4.79 Å². The minimum absolute atomic E-state index is 0.144. The summed E-state index contributed by atoms with van der Waals surface area (Å²) in [6.07, 6.45) is -4.96. The van der Waals surface area contributed by atoms with Gasteiger partial charge in [0.15, 0.2) is 23.3 Å². The van der Waals surface area contributed by atoms with Crippen LogP contribution >= 0.6 is 0 Å². The Morgan fingerprint density at radius 3 is 2.00 bits per heavy atom. The van der Waals surface area contributed by atoms with Crippen LogP contribution < -0.4 is 5.32 Å². The number of esters is 1. The van der Waals surface area contributed by atoms with Gasteiger partial charge in [-0.1, -0.05) is 17.3 Å². The topological polar surface area (TPSA) is 77.0 Å². The van der Waals surface area contributed by atoms with E-state index in [1.54, 1.807) is 24.3 Å². The normalized spacial score (nSPS) is 18.0. The lowest BCUT2D eigenvalue weighted by Crippen LogP contribution is -2.32. The number of rotatable bonds is 6. The van der Waals surface area contributed by atoms with Gasteiger partial charge in [0.2, 0.25) is 0 Å². The molecule has 2 unspecified atom stereocenters. The maximum atomic E-state index is 14.0. The summed E-state index contributed by atoms with van der Waals surface area (Å²) in [5, 5.41) is 5.03. The van der Waals surface area contributed by atoms with Crippen molar-refractivity contribution >= 4 is 23.3 Å². The number of nitrogens with zero attached hydrogens (tertiary/aromatic N) is 1. The van der Waals surface area contributed by atoms with Gasteiger partial charge in [0.25, 0.3) is 5.91 Å². The lowest BCUT2D eigenvalue weighted by Gasteiger charge is -2.34. The number of methoxy groups -OCH3 is 1. The van der Waals surface area contributed by atoms with E-state index in [4.69, 9.17) is 4.84 Å². The van der Waals surface area contributed by atoms with Gasteiger partial charge in [-0.2, -0.15) is 13.2 Å². The Bertz CT molecular complexity index is 1150. The summed E-state index contributed by atoms with van der Waals surface area (Å²) in [5.41, 5.74) is -3.86. The van der Waals surface area contributed by atoms with E-state index < -0.39 is 64.4 Å². The first-order chi connectivity index (χ1) is 16.4. The third-order valence-corrected chi connectivity index (χ3v) is 5.41. The summed E-state index contributed by atoms with van der Waals surface area (Å²) in [7, 11) is 1.25. The number of oxime groups is 1. The number of hydrogen-bond donors (Lipinski definition) is 1. The fourth-order valence-electron chi connectivity index (χ4n) is 3.34. The lowest BCUT2D eigenvalue weighted by molar-refractivity contribution is -0.143. The summed E-state index contributed by atoms with van der Waals surface area (Å²) < 4.78 is 98.0. The van der Waals surface area contributed by atoms with Gasteiger partial charge in [0, 0.05) is 5.92 Å². The number of anilines is 1. The number of halogens is 7. The number of amides is 1. The van der Waals surface area contributed by atoms with E-state index in [-0.39, 0.29) is 5.92 Å². The molecule has 1 saturated carbocycles. The molecule has 1 N–H and O–H groups in total. The average molecular weight is 506 g/mol. The van der Waals surface area contributed by atoms with Gasteiger partial charge in [0.1, 0.15) is 23.1 Å². The third-order valence-electron chi connectivity index (χ3n) is 5.41. The van der Waals surface area contributed by atoms with Crippen LogP contribution in [-0.2, 0) is 20.5 Å². The fraction of sp³-hybridized carbons (Fsp3) is 0.318. The van der Waals surface area contributed by atoms with E-state index in [9.17, 15) is 40.3 Å². The highest BCUT2D eigenvalue weighted by Crippen LogP contribution is 2.40. The summed E-state index contributed by atoms with van der Waals surface area (Å²) in [4.78, 5) is 29.0. The number of hydrogen-bond acceptors (Lipinski definition) is 5. The maximum absolute atomic E-state index is 14.0. The SMILES string of the molecule is COC(=O)c1ccc(C2CCC2O/N=C(\C)C(=O)Nc2c(F)c(F)c(C(F)(F)F)c(F)c2F)cc1. The van der Waals surface area contributed by atoms with Crippen LogP contribution in [0.4, 0.5) is 36.4 Å². The van der Waals surface area contributed by atoms with Crippen molar-refractivity contribution in [1.82, 2.24) is 0 Å². The Kier molecular flexibility index (Phi) is 7.36. The minimum Gasteiger partial charge on any atom is -0.465 e. The van der Waals surface area contributed by atoms with Crippen molar-refractivity contribution in [2.24, 2.45) is 5.16 Å². The Hall–Kier alpha value is -3.64. The molecule has 1 aliphatic carbocycles. The Labute approximate surface area is 193 Å². The first kappa shape index (κ1) is 26.0. The lowest BCUT2D eigenvalue weighted by atomic mass is 9.77. The second-order valence-electron chi connectivity index (χ2n) is 7.58. The molecule has 0 aliphatic heterocycles. The summed E-state index contributed by atoms with van der Waals surface area (Å²) in [6.45, 7) is 1.06. The van der Waals surface area contributed by atoms with Crippen molar-refractivity contribution in [2.45, 2.75) is 38.0 Å². The molecule has 1 fully saturated rings. The zero-order chi connectivity index (χ0) is 26.1. The van der Waals surface area contributed by atoms with Crippen LogP contribution in [0.15, 0.2) is 29.4 Å². The largest absolute Gasteiger partial charge is 0.465 e. The van der Waals surface area contributed by atoms with Crippen LogP contribution in [0.3, 0.4) is 0 Å². The molecule has 35 heavy (non-hydrogen) atoms. The second-order valence-corrected chi connectivity index (χ2v) is 7.58. The molecule has 0 aromatic heterocycles. The molecule has 1 amide bonds. The van der Waals surface area contributed by atoms with Gasteiger partial charge < -0.3 is 14.9 Å². The molecule has 3 rings (SSSR count). The van der Waals surface area contributed by atoms with Crippen molar-refractivity contribution in [1.29, 1.82) is 0 Å². The zero-order valence-electron chi connectivity index (χ0n) is 18.1. The highest BCUT2D eigenvalue weighted by Gasteiger charge is 2.42. The van der Waals surface area contributed by atoms with E-state index in [1.807, 2.05) is 0 Å². The van der Waals surface area contributed by atoms with Crippen LogP contribution in [0.1, 0.15) is 47.2 Å². The Balaban J connectivity index is 1.70. The van der Waals surface area contributed by atoms with Gasteiger partial charge >= 0.3 is 12.1 Å². The number of ether oxygens (including phenoxy) is 1. The fourth-order valence-corrected chi connectivity index (χ4v) is 3.34. The summed E-state index contributed by atoms with van der Waals surface area (Å²) in [6, 6.07) is 6.50. The van der Waals surface area contributed by atoms with Crippen LogP contribution in [0.2, 0.25) is 0 Å². The molecule has 13 heteroatoms. The molecule has 0 bridgehead atoms.